The van der Waals surface area contributed by atoms with E-state index < -0.39 is 18.0 Å². The zero-order valence-corrected chi connectivity index (χ0v) is 14.1. The number of nitrogens with one attached hydrogen (secondary N) is 1. The Hall–Kier alpha value is -2.66. The Labute approximate surface area is 145 Å². The lowest BCUT2D eigenvalue weighted by atomic mass is 10.1. The van der Waals surface area contributed by atoms with Gasteiger partial charge in [-0.2, -0.15) is 0 Å². The van der Waals surface area contributed by atoms with E-state index in [0.717, 1.165) is 11.1 Å². The summed E-state index contributed by atoms with van der Waals surface area (Å²) < 4.78 is 5.07. The fourth-order valence-corrected chi connectivity index (χ4v) is 2.09. The average molecular weight is 345 g/mol. The van der Waals surface area contributed by atoms with Crippen molar-refractivity contribution in [3.63, 3.8) is 0 Å². The normalized spacial score (nSPS) is 12.0. The van der Waals surface area contributed by atoms with Crippen molar-refractivity contribution >= 4 is 35.2 Å². The van der Waals surface area contributed by atoms with Gasteiger partial charge in [0.1, 0.15) is 0 Å². The molecule has 1 atom stereocenters. The minimum Gasteiger partial charge on any atom is -0.449 e. The van der Waals surface area contributed by atoms with Crippen LogP contribution in [0.2, 0.25) is 5.15 Å². The molecule has 1 heterocycles. The van der Waals surface area contributed by atoms with E-state index in [-0.39, 0.29) is 5.15 Å². The number of aryl methyl sites for hydroxylation is 1. The van der Waals surface area contributed by atoms with Gasteiger partial charge in [0.25, 0.3) is 5.91 Å². The highest BCUT2D eigenvalue weighted by molar-refractivity contribution is 6.32. The smallest absolute Gasteiger partial charge is 0.331 e. The van der Waals surface area contributed by atoms with Crippen LogP contribution in [0.1, 0.15) is 18.1 Å². The monoisotopic (exact) mass is 344 g/mol. The van der Waals surface area contributed by atoms with Gasteiger partial charge in [0.15, 0.2) is 11.3 Å². The molecule has 0 aliphatic heterocycles. The maximum atomic E-state index is 12.0. The van der Waals surface area contributed by atoms with Crippen molar-refractivity contribution in [2.45, 2.75) is 20.0 Å². The number of hydrogen-bond acceptors (Lipinski definition) is 4. The summed E-state index contributed by atoms with van der Waals surface area (Å²) >= 11 is 5.86. The van der Waals surface area contributed by atoms with Crippen LogP contribution in [0.5, 0.6) is 0 Å². The van der Waals surface area contributed by atoms with E-state index in [1.54, 1.807) is 18.2 Å². The minimum absolute atomic E-state index is 0.170. The van der Waals surface area contributed by atoms with Crippen molar-refractivity contribution in [1.29, 1.82) is 0 Å². The Bertz CT molecular complexity index is 774. The molecule has 0 saturated carbocycles. The Balaban J connectivity index is 1.91. The molecule has 6 heteroatoms. The molecule has 24 heavy (non-hydrogen) atoms. The predicted molar refractivity (Wildman–Crippen MR) is 93.6 cm³/mol. The Morgan fingerprint density at radius 3 is 2.79 bits per heavy atom. The second-order valence-corrected chi connectivity index (χ2v) is 5.52. The van der Waals surface area contributed by atoms with Gasteiger partial charge < -0.3 is 10.1 Å². The van der Waals surface area contributed by atoms with Crippen LogP contribution < -0.4 is 5.32 Å². The van der Waals surface area contributed by atoms with Gasteiger partial charge in [0, 0.05) is 12.3 Å². The third-order valence-corrected chi connectivity index (χ3v) is 3.43. The minimum atomic E-state index is -0.962. The lowest BCUT2D eigenvalue weighted by molar-refractivity contribution is -0.148. The zero-order valence-electron chi connectivity index (χ0n) is 13.3. The Morgan fingerprint density at radius 1 is 1.29 bits per heavy atom. The average Bonchev–Trinajstić information content (AvgIpc) is 2.55. The molecule has 2 rings (SSSR count). The summed E-state index contributed by atoms with van der Waals surface area (Å²) in [7, 11) is 0. The largest absolute Gasteiger partial charge is 0.449 e. The van der Waals surface area contributed by atoms with Crippen molar-refractivity contribution in [2.75, 3.05) is 5.32 Å². The number of carbonyl (C=O) groups is 2. The van der Waals surface area contributed by atoms with Crippen LogP contribution in [-0.2, 0) is 14.3 Å². The standard InChI is InChI=1S/C18H17ClN2O3/c1-12-5-3-6-14(11-12)8-9-16(22)24-13(2)18(23)21-15-7-4-10-20-17(15)19/h3-11,13H,1-2H3,(H,21,23)/b9-8+/t13-/m1/s1. The Morgan fingerprint density at radius 2 is 2.08 bits per heavy atom. The molecule has 0 unspecified atom stereocenters. The number of amides is 1. The van der Waals surface area contributed by atoms with Crippen LogP contribution in [-0.4, -0.2) is 23.0 Å². The van der Waals surface area contributed by atoms with Gasteiger partial charge in [-0.3, -0.25) is 4.79 Å². The van der Waals surface area contributed by atoms with Crippen molar-refractivity contribution < 1.29 is 14.3 Å². The molecule has 0 aliphatic carbocycles. The number of carbonyl (C=O) groups excluding carboxylic acids is 2. The molecule has 1 N–H and O–H groups in total. The number of hydrogen-bond donors (Lipinski definition) is 1. The van der Waals surface area contributed by atoms with E-state index in [0.29, 0.717) is 5.69 Å². The highest BCUT2D eigenvalue weighted by Crippen LogP contribution is 2.17. The van der Waals surface area contributed by atoms with Gasteiger partial charge in [-0.1, -0.05) is 41.4 Å². The lowest BCUT2D eigenvalue weighted by Gasteiger charge is -2.12. The fraction of sp³-hybridized carbons (Fsp3) is 0.167. The summed E-state index contributed by atoms with van der Waals surface area (Å²) in [6, 6.07) is 10.9. The van der Waals surface area contributed by atoms with E-state index >= 15 is 0 Å². The molecule has 2 aromatic rings. The number of rotatable bonds is 5. The summed E-state index contributed by atoms with van der Waals surface area (Å²) in [5, 5.41) is 2.73. The number of pyridine rings is 1. The molecule has 0 saturated heterocycles. The highest BCUT2D eigenvalue weighted by Gasteiger charge is 2.17. The number of ether oxygens (including phenoxy) is 1. The number of anilines is 1. The van der Waals surface area contributed by atoms with Crippen molar-refractivity contribution in [1.82, 2.24) is 4.98 Å². The number of benzene rings is 1. The molecule has 0 spiro atoms. The van der Waals surface area contributed by atoms with Gasteiger partial charge in [0.2, 0.25) is 0 Å². The molecular formula is C18H17ClN2O3. The predicted octanol–water partition coefficient (Wildman–Crippen LogP) is 3.63. The third-order valence-electron chi connectivity index (χ3n) is 3.13. The van der Waals surface area contributed by atoms with E-state index in [1.807, 2.05) is 31.2 Å². The second kappa shape index (κ2) is 8.26. The SMILES string of the molecule is Cc1cccc(/C=C/C(=O)O[C@H](C)C(=O)Nc2cccnc2Cl)c1. The zero-order chi connectivity index (χ0) is 17.5. The van der Waals surface area contributed by atoms with Gasteiger partial charge in [-0.25, -0.2) is 9.78 Å². The molecule has 124 valence electrons. The molecule has 1 aromatic carbocycles. The first-order valence-corrected chi connectivity index (χ1v) is 7.70. The highest BCUT2D eigenvalue weighted by atomic mass is 35.5. The maximum Gasteiger partial charge on any atom is 0.331 e. The summed E-state index contributed by atoms with van der Waals surface area (Å²) in [4.78, 5) is 27.7. The third kappa shape index (κ3) is 5.21. The van der Waals surface area contributed by atoms with Gasteiger partial charge in [0.05, 0.1) is 5.69 Å². The summed E-state index contributed by atoms with van der Waals surface area (Å²) in [6.07, 6.45) is 3.47. The molecular weight excluding hydrogens is 328 g/mol. The van der Waals surface area contributed by atoms with Crippen LogP contribution in [0.3, 0.4) is 0 Å². The summed E-state index contributed by atoms with van der Waals surface area (Å²) in [5.74, 6) is -1.08. The number of esters is 1. The van der Waals surface area contributed by atoms with Gasteiger partial charge in [-0.05, 0) is 37.6 Å². The van der Waals surface area contributed by atoms with E-state index in [2.05, 4.69) is 10.3 Å². The maximum absolute atomic E-state index is 12.0. The fourth-order valence-electron chi connectivity index (χ4n) is 1.92. The Kier molecular flexibility index (Phi) is 6.09. The van der Waals surface area contributed by atoms with E-state index in [9.17, 15) is 9.59 Å². The molecule has 5 nitrogen and oxygen atoms in total. The van der Waals surface area contributed by atoms with Crippen molar-refractivity contribution in [2.24, 2.45) is 0 Å². The molecule has 0 bridgehead atoms. The topological polar surface area (TPSA) is 68.3 Å². The first kappa shape index (κ1) is 17.7. The van der Waals surface area contributed by atoms with Crippen LogP contribution in [0.4, 0.5) is 5.69 Å². The first-order valence-electron chi connectivity index (χ1n) is 7.32. The van der Waals surface area contributed by atoms with E-state index in [4.69, 9.17) is 16.3 Å². The molecule has 1 amide bonds. The summed E-state index contributed by atoms with van der Waals surface area (Å²) in [5.41, 5.74) is 2.33. The molecule has 1 aromatic heterocycles. The van der Waals surface area contributed by atoms with Crippen molar-refractivity contribution in [3.8, 4) is 0 Å². The number of aromatic nitrogens is 1. The van der Waals surface area contributed by atoms with Crippen LogP contribution in [0.25, 0.3) is 6.08 Å². The number of nitrogens with zero attached hydrogens (tertiary/aromatic N) is 1. The number of halogens is 1. The van der Waals surface area contributed by atoms with Crippen molar-refractivity contribution in [3.05, 3.63) is 65.0 Å². The van der Waals surface area contributed by atoms with Gasteiger partial charge in [-0.15, -0.1) is 0 Å². The molecule has 0 fully saturated rings. The van der Waals surface area contributed by atoms with Crippen LogP contribution in [0, 0.1) is 6.92 Å². The van der Waals surface area contributed by atoms with Crippen LogP contribution in [0.15, 0.2) is 48.7 Å². The first-order chi connectivity index (χ1) is 11.5. The second-order valence-electron chi connectivity index (χ2n) is 5.16. The quantitative estimate of drug-likeness (QED) is 0.511. The summed E-state index contributed by atoms with van der Waals surface area (Å²) in [6.45, 7) is 3.45. The van der Waals surface area contributed by atoms with Gasteiger partial charge >= 0.3 is 5.97 Å². The molecule has 0 aliphatic rings. The lowest BCUT2D eigenvalue weighted by Crippen LogP contribution is -2.29. The van der Waals surface area contributed by atoms with E-state index in [1.165, 1.54) is 19.2 Å². The van der Waals surface area contributed by atoms with Crippen LogP contribution >= 0.6 is 11.6 Å². The molecule has 0 radical (unpaired) electrons.